The zero-order valence-corrected chi connectivity index (χ0v) is 18.9. The van der Waals surface area contributed by atoms with Crippen molar-refractivity contribution in [1.29, 1.82) is 0 Å². The molecule has 0 saturated heterocycles. The molecule has 4 aromatic rings. The van der Waals surface area contributed by atoms with E-state index in [0.717, 1.165) is 16.7 Å². The van der Waals surface area contributed by atoms with Crippen LogP contribution in [0.3, 0.4) is 0 Å². The van der Waals surface area contributed by atoms with E-state index in [9.17, 15) is 14.4 Å². The third-order valence-corrected chi connectivity index (χ3v) is 5.59. The summed E-state index contributed by atoms with van der Waals surface area (Å²) in [4.78, 5) is 34.0. The van der Waals surface area contributed by atoms with Gasteiger partial charge in [0.05, 0.1) is 17.3 Å². The van der Waals surface area contributed by atoms with Crippen LogP contribution in [0.2, 0.25) is 0 Å². The number of carboxylic acids is 2. The molecule has 178 valence electrons. The van der Waals surface area contributed by atoms with E-state index in [0.29, 0.717) is 28.9 Å². The number of ether oxygens (including phenoxy) is 2. The zero-order chi connectivity index (χ0) is 24.9. The molecule has 0 fully saturated rings. The zero-order valence-electron chi connectivity index (χ0n) is 18.9. The SMILES string of the molecule is CCn1cc(C(=O)O)c(=O)c2cc3c(cc21)OCO3.O=C(O)Cc1ccccc1-c1ccccc1. The summed E-state index contributed by atoms with van der Waals surface area (Å²) < 4.78 is 12.2. The molecule has 1 aliphatic rings. The van der Waals surface area contributed by atoms with Gasteiger partial charge in [-0.1, -0.05) is 54.6 Å². The minimum absolute atomic E-state index is 0.0606. The van der Waals surface area contributed by atoms with Crippen LogP contribution in [0.1, 0.15) is 22.8 Å². The minimum Gasteiger partial charge on any atom is -0.481 e. The molecular weight excluding hydrogens is 450 g/mol. The summed E-state index contributed by atoms with van der Waals surface area (Å²) in [7, 11) is 0. The predicted octanol–water partition coefficient (Wildman–Crippen LogP) is 4.43. The number of hydrogen-bond donors (Lipinski definition) is 2. The molecule has 35 heavy (non-hydrogen) atoms. The van der Waals surface area contributed by atoms with Crippen LogP contribution in [-0.2, 0) is 17.8 Å². The summed E-state index contributed by atoms with van der Waals surface area (Å²) in [6, 6.07) is 20.7. The molecule has 2 N–H and O–H groups in total. The lowest BCUT2D eigenvalue weighted by atomic mass is 9.98. The molecule has 0 spiro atoms. The van der Waals surface area contributed by atoms with Crippen LogP contribution in [0.4, 0.5) is 0 Å². The van der Waals surface area contributed by atoms with Crippen LogP contribution >= 0.6 is 0 Å². The van der Waals surface area contributed by atoms with Crippen molar-refractivity contribution in [3.05, 3.63) is 94.3 Å². The standard InChI is InChI=1S/C14H12O2.C13H11NO5/c15-14(16)10-12-8-4-5-9-13(12)11-6-2-1-3-7-11;1-2-14-5-8(13(16)17)12(15)7-3-10-11(4-9(7)14)19-6-18-10/h1-9H,10H2,(H,15,16);3-5H,2,6H2,1H3,(H,16,17). The van der Waals surface area contributed by atoms with Crippen molar-refractivity contribution in [2.45, 2.75) is 19.9 Å². The van der Waals surface area contributed by atoms with Gasteiger partial charge in [-0.05, 0) is 29.7 Å². The molecule has 1 aliphatic heterocycles. The van der Waals surface area contributed by atoms with E-state index < -0.39 is 17.4 Å². The molecular formula is C27H23NO7. The fourth-order valence-electron chi connectivity index (χ4n) is 3.93. The van der Waals surface area contributed by atoms with Crippen LogP contribution in [0.15, 0.2) is 77.7 Å². The minimum atomic E-state index is -1.23. The molecule has 5 rings (SSSR count). The van der Waals surface area contributed by atoms with Crippen molar-refractivity contribution < 1.29 is 29.3 Å². The van der Waals surface area contributed by atoms with Gasteiger partial charge in [-0.3, -0.25) is 9.59 Å². The van der Waals surface area contributed by atoms with E-state index >= 15 is 0 Å². The molecule has 0 atom stereocenters. The van der Waals surface area contributed by atoms with Gasteiger partial charge >= 0.3 is 11.9 Å². The van der Waals surface area contributed by atoms with Gasteiger partial charge in [0.2, 0.25) is 12.2 Å². The smallest absolute Gasteiger partial charge is 0.341 e. The van der Waals surface area contributed by atoms with Crippen LogP contribution in [0, 0.1) is 0 Å². The average molecular weight is 473 g/mol. The highest BCUT2D eigenvalue weighted by atomic mass is 16.7. The molecule has 0 aliphatic carbocycles. The van der Waals surface area contributed by atoms with Gasteiger partial charge < -0.3 is 24.3 Å². The van der Waals surface area contributed by atoms with Crippen molar-refractivity contribution in [1.82, 2.24) is 4.57 Å². The van der Waals surface area contributed by atoms with E-state index in [1.54, 1.807) is 16.7 Å². The fourth-order valence-corrected chi connectivity index (χ4v) is 3.93. The number of benzene rings is 3. The number of carboxylic acid groups (broad SMARTS) is 2. The summed E-state index contributed by atoms with van der Waals surface area (Å²) in [5, 5.41) is 18.2. The lowest BCUT2D eigenvalue weighted by Crippen LogP contribution is -2.18. The molecule has 3 aromatic carbocycles. The highest BCUT2D eigenvalue weighted by Crippen LogP contribution is 2.35. The number of aromatic carboxylic acids is 1. The number of fused-ring (bicyclic) bond motifs is 2. The number of hydrogen-bond acceptors (Lipinski definition) is 5. The normalized spacial score (nSPS) is 11.6. The number of aryl methyl sites for hydroxylation is 1. The average Bonchev–Trinajstić information content (AvgIpc) is 3.32. The van der Waals surface area contributed by atoms with Gasteiger partial charge in [0.25, 0.3) is 0 Å². The van der Waals surface area contributed by atoms with Crippen LogP contribution in [0.25, 0.3) is 22.0 Å². The van der Waals surface area contributed by atoms with Crippen molar-refractivity contribution in [2.75, 3.05) is 6.79 Å². The Morgan fingerprint density at radius 2 is 1.60 bits per heavy atom. The first-order valence-corrected chi connectivity index (χ1v) is 10.9. The third kappa shape index (κ3) is 5.01. The largest absolute Gasteiger partial charge is 0.481 e. The second kappa shape index (κ2) is 10.1. The highest BCUT2D eigenvalue weighted by Gasteiger charge is 2.20. The lowest BCUT2D eigenvalue weighted by Gasteiger charge is -2.10. The van der Waals surface area contributed by atoms with Gasteiger partial charge in [-0.25, -0.2) is 4.79 Å². The number of pyridine rings is 1. The molecule has 1 aromatic heterocycles. The highest BCUT2D eigenvalue weighted by molar-refractivity contribution is 5.93. The van der Waals surface area contributed by atoms with Gasteiger partial charge in [0, 0.05) is 18.8 Å². The maximum Gasteiger partial charge on any atom is 0.341 e. The first kappa shape index (κ1) is 23.6. The summed E-state index contributed by atoms with van der Waals surface area (Å²) in [5.74, 6) is -0.998. The van der Waals surface area contributed by atoms with Gasteiger partial charge in [-0.2, -0.15) is 0 Å². The monoisotopic (exact) mass is 473 g/mol. The molecule has 8 heteroatoms. The summed E-state index contributed by atoms with van der Waals surface area (Å²) >= 11 is 0. The number of aliphatic carboxylic acids is 1. The first-order valence-electron chi connectivity index (χ1n) is 10.9. The summed E-state index contributed by atoms with van der Waals surface area (Å²) in [6.07, 6.45) is 1.42. The molecule has 0 unspecified atom stereocenters. The second-order valence-corrected chi connectivity index (χ2v) is 7.78. The number of rotatable bonds is 5. The van der Waals surface area contributed by atoms with Crippen LogP contribution in [-0.4, -0.2) is 33.5 Å². The van der Waals surface area contributed by atoms with Crippen LogP contribution < -0.4 is 14.9 Å². The second-order valence-electron chi connectivity index (χ2n) is 7.78. The van der Waals surface area contributed by atoms with Crippen LogP contribution in [0.5, 0.6) is 11.5 Å². The van der Waals surface area contributed by atoms with Crippen molar-refractivity contribution in [3.8, 4) is 22.6 Å². The van der Waals surface area contributed by atoms with Crippen molar-refractivity contribution >= 4 is 22.8 Å². The first-order chi connectivity index (χ1) is 16.9. The number of nitrogens with zero attached hydrogens (tertiary/aromatic N) is 1. The molecule has 0 saturated carbocycles. The molecule has 0 amide bonds. The Balaban J connectivity index is 0.000000168. The van der Waals surface area contributed by atoms with Gasteiger partial charge in [0.15, 0.2) is 11.5 Å². The molecule has 2 heterocycles. The van der Waals surface area contributed by atoms with Gasteiger partial charge in [0.1, 0.15) is 5.56 Å². The van der Waals surface area contributed by atoms with E-state index in [2.05, 4.69) is 0 Å². The van der Waals surface area contributed by atoms with Crippen molar-refractivity contribution in [3.63, 3.8) is 0 Å². The maximum absolute atomic E-state index is 12.1. The number of carbonyl (C=O) groups is 2. The Hall–Kier alpha value is -4.59. The lowest BCUT2D eigenvalue weighted by molar-refractivity contribution is -0.136. The quantitative estimate of drug-likeness (QED) is 0.441. The Morgan fingerprint density at radius 1 is 0.943 bits per heavy atom. The van der Waals surface area contributed by atoms with E-state index in [1.807, 2.05) is 61.5 Å². The molecule has 8 nitrogen and oxygen atoms in total. The Bertz CT molecular complexity index is 1460. The third-order valence-electron chi connectivity index (χ3n) is 5.59. The summed E-state index contributed by atoms with van der Waals surface area (Å²) in [5.41, 5.74) is 2.78. The van der Waals surface area contributed by atoms with Gasteiger partial charge in [-0.15, -0.1) is 0 Å². The molecule has 0 radical (unpaired) electrons. The van der Waals surface area contributed by atoms with E-state index in [-0.39, 0.29) is 18.8 Å². The van der Waals surface area contributed by atoms with E-state index in [4.69, 9.17) is 19.7 Å². The Kier molecular flexibility index (Phi) is 6.82. The fraction of sp³-hybridized carbons (Fsp3) is 0.148. The van der Waals surface area contributed by atoms with Crippen molar-refractivity contribution in [2.24, 2.45) is 0 Å². The van der Waals surface area contributed by atoms with E-state index in [1.165, 1.54) is 6.20 Å². The number of aromatic nitrogens is 1. The Morgan fingerprint density at radius 3 is 2.26 bits per heavy atom. The topological polar surface area (TPSA) is 115 Å². The Labute approximate surface area is 200 Å². The maximum atomic E-state index is 12.1. The summed E-state index contributed by atoms with van der Waals surface area (Å²) in [6.45, 7) is 2.54. The molecule has 0 bridgehead atoms. The predicted molar refractivity (Wildman–Crippen MR) is 130 cm³/mol.